The van der Waals surface area contributed by atoms with E-state index in [1.165, 1.54) is 29.7 Å². The Hall–Kier alpha value is -1.62. The molecule has 0 atom stereocenters. The molecule has 1 aliphatic rings. The number of hydrogen-bond acceptors (Lipinski definition) is 3. The van der Waals surface area contributed by atoms with E-state index in [1.807, 2.05) is 23.7 Å². The number of aryl methyl sites for hydroxylation is 1. The first kappa shape index (κ1) is 26.0. The van der Waals surface area contributed by atoms with Crippen LogP contribution in [0.4, 0.5) is 11.4 Å². The van der Waals surface area contributed by atoms with Crippen LogP contribution in [0.25, 0.3) is 11.0 Å². The summed E-state index contributed by atoms with van der Waals surface area (Å²) in [6.45, 7) is 9.75. The monoisotopic (exact) mass is 508 g/mol. The summed E-state index contributed by atoms with van der Waals surface area (Å²) in [5.74, 6) is 1.16. The fourth-order valence-electron chi connectivity index (χ4n) is 4.84. The molecular formula is C26H35Cl3N4. The number of hydrogen-bond donors (Lipinski definition) is 1. The highest BCUT2D eigenvalue weighted by Gasteiger charge is 2.24. The summed E-state index contributed by atoms with van der Waals surface area (Å²) in [7, 11) is 4.04. The van der Waals surface area contributed by atoms with Gasteiger partial charge >= 0.3 is 0 Å². The minimum Gasteiger partial charge on any atom is -0.365 e. The summed E-state index contributed by atoms with van der Waals surface area (Å²) >= 11 is 18.5. The summed E-state index contributed by atoms with van der Waals surface area (Å²) < 4.78 is 1.91. The second kappa shape index (κ2) is 11.2. The van der Waals surface area contributed by atoms with Crippen molar-refractivity contribution in [2.75, 3.05) is 23.9 Å². The molecule has 0 unspecified atom stereocenters. The molecule has 3 aromatic rings. The Kier molecular flexibility index (Phi) is 8.82. The van der Waals surface area contributed by atoms with Gasteiger partial charge in [0.1, 0.15) is 5.52 Å². The van der Waals surface area contributed by atoms with Crippen molar-refractivity contribution in [2.24, 2.45) is 7.05 Å². The SMILES string of the molecule is CCC(CC)c1ccc(Cl)c2c1N(C)CN2.CCC(CC)c1ccc(Cl)c2nc(Cl)n(C)c12. The number of nitrogens with zero attached hydrogens (tertiary/aromatic N) is 3. The van der Waals surface area contributed by atoms with Gasteiger partial charge in [-0.1, -0.05) is 63.0 Å². The maximum Gasteiger partial charge on any atom is 0.203 e. The lowest BCUT2D eigenvalue weighted by Crippen LogP contribution is -2.17. The van der Waals surface area contributed by atoms with E-state index in [2.05, 4.69) is 62.1 Å². The van der Waals surface area contributed by atoms with Crippen molar-refractivity contribution < 1.29 is 0 Å². The Morgan fingerprint density at radius 1 is 0.848 bits per heavy atom. The Morgan fingerprint density at radius 2 is 1.39 bits per heavy atom. The number of fused-ring (bicyclic) bond motifs is 2. The molecule has 0 aliphatic carbocycles. The van der Waals surface area contributed by atoms with E-state index in [0.717, 1.165) is 41.3 Å². The first-order chi connectivity index (χ1) is 15.8. The smallest absolute Gasteiger partial charge is 0.203 e. The van der Waals surface area contributed by atoms with Crippen LogP contribution in [0, 0.1) is 0 Å². The normalized spacial score (nSPS) is 12.9. The van der Waals surface area contributed by atoms with Crippen LogP contribution in [0.2, 0.25) is 15.3 Å². The molecule has 0 saturated carbocycles. The van der Waals surface area contributed by atoms with Gasteiger partial charge in [0.15, 0.2) is 0 Å². The molecule has 0 radical (unpaired) electrons. The van der Waals surface area contributed by atoms with Gasteiger partial charge in [0.2, 0.25) is 5.28 Å². The molecule has 0 spiro atoms. The molecule has 0 amide bonds. The molecule has 2 heterocycles. The van der Waals surface area contributed by atoms with Crippen molar-refractivity contribution in [2.45, 2.75) is 65.2 Å². The lowest BCUT2D eigenvalue weighted by Gasteiger charge is -2.21. The zero-order chi connectivity index (χ0) is 24.3. The number of anilines is 2. The van der Waals surface area contributed by atoms with E-state index in [0.29, 0.717) is 22.1 Å². The van der Waals surface area contributed by atoms with E-state index in [4.69, 9.17) is 34.8 Å². The van der Waals surface area contributed by atoms with Gasteiger partial charge in [0.25, 0.3) is 0 Å². The Balaban J connectivity index is 0.000000186. The average molecular weight is 510 g/mol. The quantitative estimate of drug-likeness (QED) is 0.360. The van der Waals surface area contributed by atoms with Gasteiger partial charge in [0.05, 0.1) is 33.6 Å². The summed E-state index contributed by atoms with van der Waals surface area (Å²) in [6, 6.07) is 8.21. The summed E-state index contributed by atoms with van der Waals surface area (Å²) in [6.07, 6.45) is 4.57. The molecule has 2 aromatic carbocycles. The van der Waals surface area contributed by atoms with Crippen molar-refractivity contribution in [3.63, 3.8) is 0 Å². The van der Waals surface area contributed by atoms with Gasteiger partial charge in [-0.3, -0.25) is 0 Å². The van der Waals surface area contributed by atoms with Crippen LogP contribution in [0.1, 0.15) is 76.3 Å². The number of imidazole rings is 1. The largest absolute Gasteiger partial charge is 0.365 e. The van der Waals surface area contributed by atoms with Crippen LogP contribution in [0.3, 0.4) is 0 Å². The number of aromatic nitrogens is 2. The zero-order valence-electron chi connectivity index (χ0n) is 20.5. The standard InChI is InChI=1S/C13H16Cl2N2.C13H19ClN2/c1-4-8(5-2)9-6-7-10(14)11-12(9)17(3)13(15)16-11;1-4-9(5-2)10-6-7-11(14)12-13(10)16(3)8-15-12/h6-8H,4-5H2,1-3H3;6-7,9,15H,4-5,8H2,1-3H3. The molecule has 7 heteroatoms. The molecular weight excluding hydrogens is 475 g/mol. The predicted molar refractivity (Wildman–Crippen MR) is 146 cm³/mol. The van der Waals surface area contributed by atoms with Gasteiger partial charge in [0, 0.05) is 14.1 Å². The van der Waals surface area contributed by atoms with E-state index < -0.39 is 0 Å². The Labute approximate surface area is 213 Å². The fourth-order valence-corrected chi connectivity index (χ4v) is 5.43. The molecule has 1 aromatic heterocycles. The minimum atomic E-state index is 0.486. The number of halogens is 3. The summed E-state index contributed by atoms with van der Waals surface area (Å²) in [5.41, 5.74) is 6.99. The van der Waals surface area contributed by atoms with Gasteiger partial charge in [-0.25, -0.2) is 4.98 Å². The Bertz CT molecular complexity index is 1100. The lowest BCUT2D eigenvalue weighted by atomic mass is 9.92. The summed E-state index contributed by atoms with van der Waals surface area (Å²) in [5, 5.41) is 5.33. The van der Waals surface area contributed by atoms with E-state index in [-0.39, 0.29) is 0 Å². The van der Waals surface area contributed by atoms with Crippen LogP contribution >= 0.6 is 34.8 Å². The van der Waals surface area contributed by atoms with Crippen molar-refractivity contribution in [3.05, 3.63) is 50.7 Å². The third kappa shape index (κ3) is 5.08. The maximum atomic E-state index is 6.21. The van der Waals surface area contributed by atoms with Crippen molar-refractivity contribution in [3.8, 4) is 0 Å². The molecule has 33 heavy (non-hydrogen) atoms. The predicted octanol–water partition coefficient (Wildman–Crippen LogP) is 8.85. The third-order valence-electron chi connectivity index (χ3n) is 6.83. The highest BCUT2D eigenvalue weighted by atomic mass is 35.5. The molecule has 0 saturated heterocycles. The molecule has 1 N–H and O–H groups in total. The molecule has 4 rings (SSSR count). The second-order valence-electron chi connectivity index (χ2n) is 8.69. The molecule has 4 nitrogen and oxygen atoms in total. The van der Waals surface area contributed by atoms with Crippen molar-refractivity contribution in [1.29, 1.82) is 0 Å². The van der Waals surface area contributed by atoms with Gasteiger partial charge in [-0.2, -0.15) is 0 Å². The van der Waals surface area contributed by atoms with E-state index in [1.54, 1.807) is 0 Å². The van der Waals surface area contributed by atoms with Crippen LogP contribution in [0.15, 0.2) is 24.3 Å². The fraction of sp³-hybridized carbons (Fsp3) is 0.500. The second-order valence-corrected chi connectivity index (χ2v) is 9.85. The number of benzene rings is 2. The first-order valence-electron chi connectivity index (χ1n) is 11.9. The van der Waals surface area contributed by atoms with Gasteiger partial charge < -0.3 is 14.8 Å². The van der Waals surface area contributed by atoms with E-state index in [9.17, 15) is 0 Å². The zero-order valence-corrected chi connectivity index (χ0v) is 22.7. The summed E-state index contributed by atoms with van der Waals surface area (Å²) in [4.78, 5) is 6.57. The lowest BCUT2D eigenvalue weighted by molar-refractivity contribution is 0.642. The Morgan fingerprint density at radius 3 is 2.00 bits per heavy atom. The topological polar surface area (TPSA) is 33.1 Å². The third-order valence-corrected chi connectivity index (χ3v) is 7.79. The molecule has 0 fully saturated rings. The molecule has 1 aliphatic heterocycles. The molecule has 0 bridgehead atoms. The van der Waals surface area contributed by atoms with Crippen LogP contribution in [-0.2, 0) is 7.05 Å². The van der Waals surface area contributed by atoms with Crippen LogP contribution in [0.5, 0.6) is 0 Å². The van der Waals surface area contributed by atoms with Crippen LogP contribution in [-0.4, -0.2) is 23.3 Å². The van der Waals surface area contributed by atoms with Crippen LogP contribution < -0.4 is 10.2 Å². The number of nitrogens with one attached hydrogen (secondary N) is 1. The molecule has 180 valence electrons. The number of rotatable bonds is 6. The highest BCUT2D eigenvalue weighted by molar-refractivity contribution is 6.36. The highest BCUT2D eigenvalue weighted by Crippen LogP contribution is 2.43. The minimum absolute atomic E-state index is 0.486. The van der Waals surface area contributed by atoms with Gasteiger partial charge in [-0.15, -0.1) is 0 Å². The maximum absolute atomic E-state index is 6.21. The first-order valence-corrected chi connectivity index (χ1v) is 13.0. The van der Waals surface area contributed by atoms with E-state index >= 15 is 0 Å². The van der Waals surface area contributed by atoms with Crippen molar-refractivity contribution in [1.82, 2.24) is 9.55 Å². The van der Waals surface area contributed by atoms with Crippen molar-refractivity contribution >= 4 is 57.2 Å². The average Bonchev–Trinajstić information content (AvgIpc) is 3.35. The van der Waals surface area contributed by atoms with Gasteiger partial charge in [-0.05, 0) is 72.4 Å².